The maximum atomic E-state index is 13.2. The zero-order valence-electron chi connectivity index (χ0n) is 14.6. The first-order valence-corrected chi connectivity index (χ1v) is 9.17. The number of hydrogen-bond donors (Lipinski definition) is 2. The van der Waals surface area contributed by atoms with E-state index >= 15 is 0 Å². The topological polar surface area (TPSA) is 109 Å². The van der Waals surface area contributed by atoms with E-state index in [1.807, 2.05) is 0 Å². The van der Waals surface area contributed by atoms with E-state index in [1.54, 1.807) is 30.6 Å². The molecule has 0 saturated heterocycles. The first-order chi connectivity index (χ1) is 12.8. The molecule has 1 aromatic heterocycles. The standard InChI is InChI=1S/C18H20Cl2N2O5/c1-26-18(22-7-3-2-4-8-22)14(19)10-13(16(21)25)15(24)17(18,20)27-12-6-5-11(23)9-12/h2-4,7-8,10-12,23H,5-6,9H2,1H3,(H2-,21,24,25)/t11-,12-,17?,18?/m1/s1. The number of aromatic nitrogens is 1. The van der Waals surface area contributed by atoms with Crippen LogP contribution in [0.25, 0.3) is 0 Å². The van der Waals surface area contributed by atoms with E-state index in [9.17, 15) is 15.0 Å². The highest BCUT2D eigenvalue weighted by molar-refractivity contribution is 6.34. The monoisotopic (exact) mass is 414 g/mol. The molecule has 7 nitrogen and oxygen atoms in total. The normalized spacial score (nSPS) is 33.9. The number of carbonyl (C=O) groups excluding carboxylic acids is 1. The number of hydrogen-bond acceptors (Lipinski definition) is 5. The van der Waals surface area contributed by atoms with Gasteiger partial charge in [-0.1, -0.05) is 35.0 Å². The van der Waals surface area contributed by atoms with E-state index in [-0.39, 0.29) is 10.6 Å². The fourth-order valence-corrected chi connectivity index (χ4v) is 4.54. The summed E-state index contributed by atoms with van der Waals surface area (Å²) < 4.78 is 13.2. The van der Waals surface area contributed by atoms with Crippen molar-refractivity contribution in [1.29, 1.82) is 0 Å². The van der Waals surface area contributed by atoms with Gasteiger partial charge in [0.1, 0.15) is 5.03 Å². The van der Waals surface area contributed by atoms with E-state index in [2.05, 4.69) is 0 Å². The number of primary amides is 1. The van der Waals surface area contributed by atoms with Gasteiger partial charge in [0, 0.05) is 24.8 Å². The second-order valence-electron chi connectivity index (χ2n) is 6.53. The molecule has 0 bridgehead atoms. The number of aliphatic hydroxyl groups excluding tert-OH is 1. The fourth-order valence-electron chi connectivity index (χ4n) is 3.57. The molecule has 0 aromatic carbocycles. The first-order valence-electron chi connectivity index (χ1n) is 8.42. The van der Waals surface area contributed by atoms with Crippen molar-refractivity contribution in [3.8, 4) is 0 Å². The molecule has 1 amide bonds. The predicted octanol–water partition coefficient (Wildman–Crippen LogP) is 0.374. The van der Waals surface area contributed by atoms with Gasteiger partial charge in [0.05, 0.1) is 12.2 Å². The minimum absolute atomic E-state index is 0.0388. The average Bonchev–Trinajstić information content (AvgIpc) is 3.04. The molecule has 146 valence electrons. The Hall–Kier alpha value is -1.64. The van der Waals surface area contributed by atoms with Gasteiger partial charge in [-0.2, -0.15) is 4.57 Å². The van der Waals surface area contributed by atoms with Crippen LogP contribution in [-0.4, -0.2) is 35.4 Å². The summed E-state index contributed by atoms with van der Waals surface area (Å²) in [5.74, 6) is -1.82. The first kappa shape index (κ1) is 20.1. The number of carbonyl (C=O) groups is 1. The number of ether oxygens (including phenoxy) is 2. The lowest BCUT2D eigenvalue weighted by Crippen LogP contribution is -2.72. The minimum atomic E-state index is -2.20. The molecular formula is C18H20Cl2N2O5. The van der Waals surface area contributed by atoms with Gasteiger partial charge in [0.2, 0.25) is 5.91 Å². The van der Waals surface area contributed by atoms with Crippen molar-refractivity contribution in [1.82, 2.24) is 0 Å². The van der Waals surface area contributed by atoms with Gasteiger partial charge in [-0.05, 0) is 25.3 Å². The van der Waals surface area contributed by atoms with Gasteiger partial charge >= 0.3 is 5.72 Å². The third kappa shape index (κ3) is 3.13. The second kappa shape index (κ2) is 7.41. The Morgan fingerprint density at radius 2 is 2.04 bits per heavy atom. The molecule has 4 atom stereocenters. The van der Waals surface area contributed by atoms with Crippen LogP contribution in [-0.2, 0) is 20.0 Å². The number of amides is 1. The van der Waals surface area contributed by atoms with Crippen LogP contribution in [0, 0.1) is 0 Å². The number of methoxy groups -OCH3 is 1. The van der Waals surface area contributed by atoms with E-state index in [1.165, 1.54) is 11.7 Å². The van der Waals surface area contributed by atoms with Crippen LogP contribution in [0.4, 0.5) is 0 Å². The highest BCUT2D eigenvalue weighted by atomic mass is 35.5. The van der Waals surface area contributed by atoms with Crippen molar-refractivity contribution in [2.24, 2.45) is 5.73 Å². The highest BCUT2D eigenvalue weighted by Gasteiger charge is 2.66. The molecule has 1 saturated carbocycles. The van der Waals surface area contributed by atoms with Crippen LogP contribution in [0.2, 0.25) is 0 Å². The number of pyridine rings is 1. The molecule has 3 rings (SSSR count). The van der Waals surface area contributed by atoms with Crippen LogP contribution in [0.15, 0.2) is 53.0 Å². The van der Waals surface area contributed by atoms with Gasteiger partial charge in [-0.3, -0.25) is 4.79 Å². The van der Waals surface area contributed by atoms with Crippen LogP contribution >= 0.6 is 23.2 Å². The zero-order chi connectivity index (χ0) is 19.8. The van der Waals surface area contributed by atoms with Gasteiger partial charge in [0.25, 0.3) is 5.06 Å². The maximum Gasteiger partial charge on any atom is 0.357 e. The Kier molecular flexibility index (Phi) is 5.52. The number of aliphatic hydroxyl groups is 1. The Balaban J connectivity index is 2.20. The molecule has 0 spiro atoms. The highest BCUT2D eigenvalue weighted by Crippen LogP contribution is 2.50. The summed E-state index contributed by atoms with van der Waals surface area (Å²) in [6.07, 6.45) is 4.63. The van der Waals surface area contributed by atoms with Gasteiger partial charge < -0.3 is 25.4 Å². The molecule has 1 heterocycles. The van der Waals surface area contributed by atoms with E-state index in [4.69, 9.17) is 38.4 Å². The summed E-state index contributed by atoms with van der Waals surface area (Å²) in [5, 5.41) is 20.8. The zero-order valence-corrected chi connectivity index (χ0v) is 16.1. The maximum absolute atomic E-state index is 13.2. The molecule has 9 heteroatoms. The van der Waals surface area contributed by atoms with E-state index < -0.39 is 34.7 Å². The molecule has 1 aromatic rings. The predicted molar refractivity (Wildman–Crippen MR) is 95.1 cm³/mol. The Morgan fingerprint density at radius 1 is 1.37 bits per heavy atom. The largest absolute Gasteiger partial charge is 0.872 e. The summed E-state index contributed by atoms with van der Waals surface area (Å²) >= 11 is 13.3. The second-order valence-corrected chi connectivity index (χ2v) is 7.47. The molecule has 0 aliphatic heterocycles. The molecule has 2 aliphatic carbocycles. The number of nitrogens with zero attached hydrogens (tertiary/aromatic N) is 1. The summed E-state index contributed by atoms with van der Waals surface area (Å²) in [6, 6.07) is 5.19. The van der Waals surface area contributed by atoms with Crippen LogP contribution in [0.3, 0.4) is 0 Å². The van der Waals surface area contributed by atoms with Gasteiger partial charge in [0.15, 0.2) is 12.4 Å². The molecule has 1 fully saturated rings. The van der Waals surface area contributed by atoms with Crippen molar-refractivity contribution < 1.29 is 29.0 Å². The molecule has 0 radical (unpaired) electrons. The Labute approximate surface area is 166 Å². The Bertz CT molecular complexity index is 800. The quantitative estimate of drug-likeness (QED) is 0.534. The molecule has 2 aliphatic rings. The SMILES string of the molecule is COC1([n+]2ccccc2)C(Cl)=CC(C(N)=O)=C([O-])C1(Cl)O[C@@H]1CC[C@@H](O)C1. The summed E-state index contributed by atoms with van der Waals surface area (Å²) in [4.78, 5) is 11.8. The van der Waals surface area contributed by atoms with Gasteiger partial charge in [-0.15, -0.1) is 0 Å². The van der Waals surface area contributed by atoms with Crippen LogP contribution in [0.1, 0.15) is 19.3 Å². The number of rotatable bonds is 5. The lowest BCUT2D eigenvalue weighted by atomic mass is 9.91. The minimum Gasteiger partial charge on any atom is -0.872 e. The Morgan fingerprint density at radius 3 is 2.56 bits per heavy atom. The smallest absolute Gasteiger partial charge is 0.357 e. The molecular weight excluding hydrogens is 395 g/mol. The third-order valence-electron chi connectivity index (χ3n) is 4.89. The number of nitrogens with two attached hydrogens (primary N) is 1. The number of halogens is 2. The van der Waals surface area contributed by atoms with Crippen molar-refractivity contribution in [3.05, 3.63) is 53.0 Å². The van der Waals surface area contributed by atoms with E-state index in [0.717, 1.165) is 6.08 Å². The number of alkyl halides is 1. The van der Waals surface area contributed by atoms with E-state index in [0.29, 0.717) is 19.3 Å². The van der Waals surface area contributed by atoms with Crippen molar-refractivity contribution >= 4 is 29.1 Å². The van der Waals surface area contributed by atoms with Crippen molar-refractivity contribution in [2.45, 2.75) is 42.3 Å². The molecule has 27 heavy (non-hydrogen) atoms. The third-order valence-corrected chi connectivity index (χ3v) is 5.78. The summed E-state index contributed by atoms with van der Waals surface area (Å²) in [7, 11) is 1.34. The summed E-state index contributed by atoms with van der Waals surface area (Å²) in [6.45, 7) is 0. The molecule has 2 unspecified atom stereocenters. The lowest BCUT2D eigenvalue weighted by molar-refractivity contribution is -0.809. The van der Waals surface area contributed by atoms with Crippen LogP contribution < -0.4 is 15.4 Å². The lowest BCUT2D eigenvalue weighted by Gasteiger charge is -2.47. The average molecular weight is 415 g/mol. The van der Waals surface area contributed by atoms with Crippen molar-refractivity contribution in [2.75, 3.05) is 7.11 Å². The van der Waals surface area contributed by atoms with Crippen LogP contribution in [0.5, 0.6) is 0 Å². The molecule has 3 N–H and O–H groups in total. The fraction of sp³-hybridized carbons (Fsp3) is 0.444. The van der Waals surface area contributed by atoms with Crippen molar-refractivity contribution in [3.63, 3.8) is 0 Å². The summed E-state index contributed by atoms with van der Waals surface area (Å²) in [5.41, 5.74) is 3.20. The van der Waals surface area contributed by atoms with Gasteiger partial charge in [-0.25, -0.2) is 0 Å².